The van der Waals surface area contributed by atoms with Gasteiger partial charge in [-0.05, 0) is 62.9 Å². The molecule has 2 aliphatic rings. The number of halogens is 3. The quantitative estimate of drug-likeness (QED) is 0.621. The van der Waals surface area contributed by atoms with Crippen LogP contribution in [0.25, 0.3) is 0 Å². The van der Waals surface area contributed by atoms with Crippen molar-refractivity contribution in [1.29, 1.82) is 0 Å². The fraction of sp³-hybridized carbons (Fsp3) is 0.480. The smallest absolute Gasteiger partial charge is 0.257 e. The second-order valence-electron chi connectivity index (χ2n) is 8.76. The van der Waals surface area contributed by atoms with Crippen LogP contribution in [0.3, 0.4) is 0 Å². The first-order valence-corrected chi connectivity index (χ1v) is 11.3. The van der Waals surface area contributed by atoms with E-state index in [2.05, 4.69) is 4.90 Å². The first kappa shape index (κ1) is 22.8. The van der Waals surface area contributed by atoms with Crippen molar-refractivity contribution in [3.8, 4) is 0 Å². The van der Waals surface area contributed by atoms with Crippen molar-refractivity contribution in [2.24, 2.45) is 5.92 Å². The third-order valence-corrected chi connectivity index (χ3v) is 6.45. The SMILES string of the molecule is O=C(c1cccc(F)c1F)N(CC1CCN(Cc2ccccc2F)CC1)CC1CCCO1. The van der Waals surface area contributed by atoms with E-state index in [1.54, 1.807) is 17.0 Å². The van der Waals surface area contributed by atoms with Crippen molar-refractivity contribution in [2.75, 3.05) is 32.8 Å². The van der Waals surface area contributed by atoms with Crippen molar-refractivity contribution in [3.63, 3.8) is 0 Å². The predicted octanol–water partition coefficient (Wildman–Crippen LogP) is 4.64. The molecule has 2 aromatic carbocycles. The zero-order valence-corrected chi connectivity index (χ0v) is 18.1. The standard InChI is InChI=1S/C25H29F3N2O2/c26-22-8-2-1-5-19(22)16-29-12-10-18(11-13-29)15-30(17-20-6-4-14-32-20)25(31)21-7-3-9-23(27)24(21)28/h1-3,5,7-9,18,20H,4,6,10-17H2. The van der Waals surface area contributed by atoms with E-state index in [1.807, 2.05) is 6.07 Å². The van der Waals surface area contributed by atoms with Gasteiger partial charge >= 0.3 is 0 Å². The fourth-order valence-corrected chi connectivity index (χ4v) is 4.62. The molecule has 0 radical (unpaired) electrons. The van der Waals surface area contributed by atoms with Crippen LogP contribution < -0.4 is 0 Å². The Balaban J connectivity index is 1.39. The average Bonchev–Trinajstić information content (AvgIpc) is 3.31. The predicted molar refractivity (Wildman–Crippen MR) is 116 cm³/mol. The van der Waals surface area contributed by atoms with Gasteiger partial charge in [0.25, 0.3) is 5.91 Å². The Morgan fingerprint density at radius 1 is 0.969 bits per heavy atom. The normalized spacial score (nSPS) is 19.9. The second-order valence-corrected chi connectivity index (χ2v) is 8.76. The lowest BCUT2D eigenvalue weighted by atomic mass is 9.95. The average molecular weight is 447 g/mol. The number of likely N-dealkylation sites (tertiary alicyclic amines) is 1. The molecule has 4 rings (SSSR count). The Morgan fingerprint density at radius 3 is 2.44 bits per heavy atom. The lowest BCUT2D eigenvalue weighted by Gasteiger charge is -2.35. The van der Waals surface area contributed by atoms with Crippen molar-refractivity contribution in [3.05, 3.63) is 71.0 Å². The number of piperidine rings is 1. The van der Waals surface area contributed by atoms with E-state index in [0.717, 1.165) is 44.8 Å². The molecule has 0 spiro atoms. The summed E-state index contributed by atoms with van der Waals surface area (Å²) in [6, 6.07) is 10.5. The van der Waals surface area contributed by atoms with Crippen molar-refractivity contribution < 1.29 is 22.7 Å². The van der Waals surface area contributed by atoms with Gasteiger partial charge in [-0.25, -0.2) is 13.2 Å². The highest BCUT2D eigenvalue weighted by Gasteiger charge is 2.29. The van der Waals surface area contributed by atoms with Gasteiger partial charge in [-0.1, -0.05) is 24.3 Å². The summed E-state index contributed by atoms with van der Waals surface area (Å²) in [4.78, 5) is 17.0. The number of benzene rings is 2. The van der Waals surface area contributed by atoms with E-state index in [-0.39, 0.29) is 23.4 Å². The first-order chi connectivity index (χ1) is 15.5. The summed E-state index contributed by atoms with van der Waals surface area (Å²) in [7, 11) is 0. The number of amides is 1. The van der Waals surface area contributed by atoms with Crippen LogP contribution in [0.2, 0.25) is 0 Å². The molecule has 0 N–H and O–H groups in total. The Labute approximate surface area is 187 Å². The molecular formula is C25H29F3N2O2. The minimum atomic E-state index is -1.10. The monoisotopic (exact) mass is 446 g/mol. The van der Waals surface area contributed by atoms with Gasteiger partial charge in [0.15, 0.2) is 11.6 Å². The summed E-state index contributed by atoms with van der Waals surface area (Å²) in [5, 5.41) is 0. The van der Waals surface area contributed by atoms with Crippen LogP contribution in [0.15, 0.2) is 42.5 Å². The number of hydrogen-bond acceptors (Lipinski definition) is 3. The van der Waals surface area contributed by atoms with Crippen molar-refractivity contribution in [1.82, 2.24) is 9.80 Å². The summed E-state index contributed by atoms with van der Waals surface area (Å²) in [5.41, 5.74) is 0.447. The maximum atomic E-state index is 14.3. The summed E-state index contributed by atoms with van der Waals surface area (Å²) in [6.07, 6.45) is 3.44. The molecule has 1 atom stereocenters. The maximum Gasteiger partial charge on any atom is 0.257 e. The van der Waals surface area contributed by atoms with Gasteiger partial charge in [-0.3, -0.25) is 9.69 Å². The van der Waals surface area contributed by atoms with Gasteiger partial charge in [0.2, 0.25) is 0 Å². The number of carbonyl (C=O) groups is 1. The van der Waals surface area contributed by atoms with E-state index < -0.39 is 17.5 Å². The summed E-state index contributed by atoms with van der Waals surface area (Å²) < 4.78 is 47.7. The molecule has 2 fully saturated rings. The number of hydrogen-bond donors (Lipinski definition) is 0. The highest BCUT2D eigenvalue weighted by molar-refractivity contribution is 5.94. The molecule has 2 heterocycles. The van der Waals surface area contributed by atoms with Crippen LogP contribution in [0.1, 0.15) is 41.6 Å². The Bertz CT molecular complexity index is 925. The lowest BCUT2D eigenvalue weighted by Crippen LogP contribution is -2.43. The Morgan fingerprint density at radius 2 is 1.72 bits per heavy atom. The second kappa shape index (κ2) is 10.5. The van der Waals surface area contributed by atoms with Gasteiger partial charge in [0.05, 0.1) is 11.7 Å². The van der Waals surface area contributed by atoms with Crippen molar-refractivity contribution in [2.45, 2.75) is 38.3 Å². The molecular weight excluding hydrogens is 417 g/mol. The topological polar surface area (TPSA) is 32.8 Å². The third kappa shape index (κ3) is 5.51. The van der Waals surface area contributed by atoms with Gasteiger partial charge < -0.3 is 9.64 Å². The molecule has 0 saturated carbocycles. The van der Waals surface area contributed by atoms with E-state index in [0.29, 0.717) is 31.8 Å². The van der Waals surface area contributed by atoms with Crippen LogP contribution in [0.5, 0.6) is 0 Å². The van der Waals surface area contributed by atoms with E-state index in [4.69, 9.17) is 4.74 Å². The molecule has 2 aromatic rings. The van der Waals surface area contributed by atoms with E-state index in [1.165, 1.54) is 18.2 Å². The summed E-state index contributed by atoms with van der Waals surface area (Å²) in [6.45, 7) is 3.68. The third-order valence-electron chi connectivity index (χ3n) is 6.45. The molecule has 0 bridgehead atoms. The van der Waals surface area contributed by atoms with Crippen molar-refractivity contribution >= 4 is 5.91 Å². The molecule has 2 aliphatic heterocycles. The highest BCUT2D eigenvalue weighted by atomic mass is 19.2. The Hall–Kier alpha value is -2.38. The number of ether oxygens (including phenoxy) is 1. The largest absolute Gasteiger partial charge is 0.376 e. The first-order valence-electron chi connectivity index (χ1n) is 11.3. The van der Waals surface area contributed by atoms with Gasteiger partial charge in [-0.15, -0.1) is 0 Å². The van der Waals surface area contributed by atoms with E-state index >= 15 is 0 Å². The minimum Gasteiger partial charge on any atom is -0.376 e. The zero-order valence-electron chi connectivity index (χ0n) is 18.1. The maximum absolute atomic E-state index is 14.3. The van der Waals surface area contributed by atoms with Crippen LogP contribution in [-0.2, 0) is 11.3 Å². The van der Waals surface area contributed by atoms with Gasteiger partial charge in [0.1, 0.15) is 5.82 Å². The number of nitrogens with zero attached hydrogens (tertiary/aromatic N) is 2. The number of rotatable bonds is 7. The molecule has 2 saturated heterocycles. The molecule has 0 aliphatic carbocycles. The highest BCUT2D eigenvalue weighted by Crippen LogP contribution is 2.24. The van der Waals surface area contributed by atoms with Crippen LogP contribution in [0.4, 0.5) is 13.2 Å². The molecule has 7 heteroatoms. The summed E-state index contributed by atoms with van der Waals surface area (Å²) in [5.74, 6) is -2.57. The summed E-state index contributed by atoms with van der Waals surface area (Å²) >= 11 is 0. The van der Waals surface area contributed by atoms with Gasteiger partial charge in [-0.2, -0.15) is 0 Å². The molecule has 32 heavy (non-hydrogen) atoms. The van der Waals surface area contributed by atoms with Crippen LogP contribution in [0, 0.1) is 23.4 Å². The molecule has 1 amide bonds. The lowest BCUT2D eigenvalue weighted by molar-refractivity contribution is 0.0440. The zero-order chi connectivity index (χ0) is 22.5. The fourth-order valence-electron chi connectivity index (χ4n) is 4.62. The Kier molecular flexibility index (Phi) is 7.48. The van der Waals surface area contributed by atoms with Gasteiger partial charge in [0, 0.05) is 31.8 Å². The van der Waals surface area contributed by atoms with Crippen LogP contribution in [-0.4, -0.2) is 54.6 Å². The molecule has 0 aromatic heterocycles. The molecule has 1 unspecified atom stereocenters. The number of carbonyl (C=O) groups excluding carboxylic acids is 1. The molecule has 4 nitrogen and oxygen atoms in total. The molecule has 172 valence electrons. The minimum absolute atomic E-state index is 0.0725. The van der Waals surface area contributed by atoms with Crippen LogP contribution >= 0.6 is 0 Å². The van der Waals surface area contributed by atoms with E-state index in [9.17, 15) is 18.0 Å².